The van der Waals surface area contributed by atoms with Gasteiger partial charge in [0, 0.05) is 6.54 Å². The molecule has 0 bridgehead atoms. The van der Waals surface area contributed by atoms with E-state index in [1.165, 1.54) is 0 Å². The predicted molar refractivity (Wildman–Crippen MR) is 53.1 cm³/mol. The lowest BCUT2D eigenvalue weighted by atomic mass is 10.0. The summed E-state index contributed by atoms with van der Waals surface area (Å²) < 4.78 is 13.4. The summed E-state index contributed by atoms with van der Waals surface area (Å²) >= 11 is 0. The van der Waals surface area contributed by atoms with Crippen LogP contribution in [0.15, 0.2) is 0 Å². The van der Waals surface area contributed by atoms with Crippen molar-refractivity contribution in [2.75, 3.05) is 19.6 Å². The lowest BCUT2D eigenvalue weighted by Gasteiger charge is -2.18. The van der Waals surface area contributed by atoms with Crippen LogP contribution in [0.2, 0.25) is 0 Å². The summed E-state index contributed by atoms with van der Waals surface area (Å²) in [5, 5.41) is 0. The fourth-order valence-corrected chi connectivity index (χ4v) is 1.59. The van der Waals surface area contributed by atoms with Crippen LogP contribution in [0.25, 0.3) is 0 Å². The van der Waals surface area contributed by atoms with Crippen LogP contribution < -0.4 is 0 Å². The minimum absolute atomic E-state index is 0. The average molecular weight is 210 g/mol. The standard InChI is InChI=1S/C9H16FNO.ClH/c1-9(10)3-2-5-11(6-4-9)7-8-12;/h8H,2-7H2,1H3;1H. The predicted octanol–water partition coefficient (Wildman–Crippen LogP) is 1.82. The molecule has 0 N–H and O–H groups in total. The van der Waals surface area contributed by atoms with Gasteiger partial charge in [-0.2, -0.15) is 0 Å². The van der Waals surface area contributed by atoms with Gasteiger partial charge in [0.15, 0.2) is 0 Å². The van der Waals surface area contributed by atoms with Crippen LogP contribution in [0.4, 0.5) is 4.39 Å². The third kappa shape index (κ3) is 4.58. The number of nitrogens with zero attached hydrogens (tertiary/aromatic N) is 1. The summed E-state index contributed by atoms with van der Waals surface area (Å²) in [6.07, 6.45) is 2.94. The van der Waals surface area contributed by atoms with Crippen LogP contribution in [0, 0.1) is 0 Å². The quantitative estimate of drug-likeness (QED) is 0.647. The molecule has 1 aliphatic heterocycles. The van der Waals surface area contributed by atoms with Crippen molar-refractivity contribution in [2.45, 2.75) is 31.9 Å². The highest BCUT2D eigenvalue weighted by Gasteiger charge is 2.26. The first-order valence-corrected chi connectivity index (χ1v) is 4.49. The van der Waals surface area contributed by atoms with Crippen molar-refractivity contribution in [1.82, 2.24) is 4.90 Å². The Morgan fingerprint density at radius 1 is 1.46 bits per heavy atom. The van der Waals surface area contributed by atoms with Gasteiger partial charge in [0.1, 0.15) is 12.0 Å². The first-order chi connectivity index (χ1) is 5.64. The van der Waals surface area contributed by atoms with Crippen molar-refractivity contribution < 1.29 is 9.18 Å². The highest BCUT2D eigenvalue weighted by molar-refractivity contribution is 5.85. The van der Waals surface area contributed by atoms with Crippen molar-refractivity contribution in [3.63, 3.8) is 0 Å². The molecule has 2 nitrogen and oxygen atoms in total. The number of aldehydes is 1. The number of likely N-dealkylation sites (tertiary alicyclic amines) is 1. The van der Waals surface area contributed by atoms with Gasteiger partial charge < -0.3 is 4.79 Å². The van der Waals surface area contributed by atoms with Crippen molar-refractivity contribution in [1.29, 1.82) is 0 Å². The van der Waals surface area contributed by atoms with Crippen molar-refractivity contribution in [3.05, 3.63) is 0 Å². The number of rotatable bonds is 2. The summed E-state index contributed by atoms with van der Waals surface area (Å²) in [7, 11) is 0. The number of hydrogen-bond acceptors (Lipinski definition) is 2. The van der Waals surface area contributed by atoms with E-state index in [1.54, 1.807) is 6.92 Å². The Labute approximate surface area is 84.9 Å². The number of halogens is 2. The molecule has 0 aromatic carbocycles. The fourth-order valence-electron chi connectivity index (χ4n) is 1.59. The Balaban J connectivity index is 0.00000144. The minimum atomic E-state index is -1.02. The molecule has 1 fully saturated rings. The number of hydrogen-bond donors (Lipinski definition) is 0. The molecule has 1 aliphatic rings. The summed E-state index contributed by atoms with van der Waals surface area (Å²) in [5.41, 5.74) is -1.02. The van der Waals surface area contributed by atoms with Crippen molar-refractivity contribution in [2.24, 2.45) is 0 Å². The molecule has 78 valence electrons. The van der Waals surface area contributed by atoms with Crippen LogP contribution >= 0.6 is 12.4 Å². The zero-order valence-electron chi connectivity index (χ0n) is 7.96. The normalized spacial score (nSPS) is 30.3. The highest BCUT2D eigenvalue weighted by atomic mass is 35.5. The van der Waals surface area contributed by atoms with Crippen molar-refractivity contribution in [3.8, 4) is 0 Å². The molecule has 0 spiro atoms. The largest absolute Gasteiger partial charge is 0.302 e. The van der Waals surface area contributed by atoms with Gasteiger partial charge in [-0.3, -0.25) is 4.90 Å². The number of carbonyl (C=O) groups is 1. The molecule has 0 aromatic heterocycles. The van der Waals surface area contributed by atoms with E-state index in [-0.39, 0.29) is 12.4 Å². The molecular weight excluding hydrogens is 193 g/mol. The molecule has 1 saturated heterocycles. The van der Waals surface area contributed by atoms with E-state index in [0.29, 0.717) is 25.9 Å². The van der Waals surface area contributed by atoms with Gasteiger partial charge in [-0.25, -0.2) is 4.39 Å². The Morgan fingerprint density at radius 2 is 2.15 bits per heavy atom. The maximum Gasteiger partial charge on any atom is 0.133 e. The van der Waals surface area contributed by atoms with Gasteiger partial charge in [-0.1, -0.05) is 0 Å². The van der Waals surface area contributed by atoms with Crippen LogP contribution in [0.1, 0.15) is 26.2 Å². The Morgan fingerprint density at radius 3 is 2.77 bits per heavy atom. The third-order valence-electron chi connectivity index (χ3n) is 2.45. The molecule has 1 heterocycles. The van der Waals surface area contributed by atoms with Crippen LogP contribution in [-0.4, -0.2) is 36.5 Å². The van der Waals surface area contributed by atoms with Crippen molar-refractivity contribution >= 4 is 18.7 Å². The van der Waals surface area contributed by atoms with Gasteiger partial charge in [0.25, 0.3) is 0 Å². The molecule has 0 saturated carbocycles. The summed E-state index contributed by atoms with van der Waals surface area (Å²) in [4.78, 5) is 12.2. The van der Waals surface area contributed by atoms with Gasteiger partial charge in [0.05, 0.1) is 6.54 Å². The molecule has 13 heavy (non-hydrogen) atoms. The molecule has 0 aliphatic carbocycles. The third-order valence-corrected chi connectivity index (χ3v) is 2.45. The summed E-state index contributed by atoms with van der Waals surface area (Å²) in [6, 6.07) is 0. The Kier molecular flexibility index (Phi) is 5.49. The zero-order valence-corrected chi connectivity index (χ0v) is 8.78. The Hall–Kier alpha value is -0.150. The Bertz CT molecular complexity index is 164. The second-order valence-corrected chi connectivity index (χ2v) is 3.73. The van der Waals surface area contributed by atoms with E-state index in [0.717, 1.165) is 19.3 Å². The number of alkyl halides is 1. The lowest BCUT2D eigenvalue weighted by molar-refractivity contribution is -0.108. The van der Waals surface area contributed by atoms with E-state index in [4.69, 9.17) is 0 Å². The molecule has 1 rings (SSSR count). The smallest absolute Gasteiger partial charge is 0.133 e. The van der Waals surface area contributed by atoms with E-state index < -0.39 is 5.67 Å². The second-order valence-electron chi connectivity index (χ2n) is 3.73. The van der Waals surface area contributed by atoms with E-state index in [1.807, 2.05) is 4.90 Å². The van der Waals surface area contributed by atoms with Crippen LogP contribution in [0.3, 0.4) is 0 Å². The average Bonchev–Trinajstić information content (AvgIpc) is 2.14. The molecule has 4 heteroatoms. The molecule has 0 amide bonds. The van der Waals surface area contributed by atoms with Gasteiger partial charge in [-0.15, -0.1) is 12.4 Å². The fraction of sp³-hybridized carbons (Fsp3) is 0.889. The SMILES string of the molecule is CC1(F)CCCN(CC=O)CC1.Cl. The maximum atomic E-state index is 13.4. The monoisotopic (exact) mass is 209 g/mol. The number of carbonyl (C=O) groups excluding carboxylic acids is 1. The van der Waals surface area contributed by atoms with Crippen LogP contribution in [0.5, 0.6) is 0 Å². The van der Waals surface area contributed by atoms with E-state index in [9.17, 15) is 9.18 Å². The highest BCUT2D eigenvalue weighted by Crippen LogP contribution is 2.25. The molecule has 0 aromatic rings. The molecule has 0 radical (unpaired) electrons. The minimum Gasteiger partial charge on any atom is -0.302 e. The first kappa shape index (κ1) is 12.8. The topological polar surface area (TPSA) is 20.3 Å². The van der Waals surface area contributed by atoms with E-state index >= 15 is 0 Å². The lowest BCUT2D eigenvalue weighted by Crippen LogP contribution is -2.28. The molecule has 1 atom stereocenters. The molecular formula is C9H17ClFNO. The zero-order chi connectivity index (χ0) is 9.03. The van der Waals surface area contributed by atoms with Crippen LogP contribution in [-0.2, 0) is 4.79 Å². The second kappa shape index (κ2) is 5.55. The summed E-state index contributed by atoms with van der Waals surface area (Å²) in [6.45, 7) is 3.68. The summed E-state index contributed by atoms with van der Waals surface area (Å²) in [5.74, 6) is 0. The van der Waals surface area contributed by atoms with E-state index in [2.05, 4.69) is 0 Å². The first-order valence-electron chi connectivity index (χ1n) is 4.49. The molecule has 1 unspecified atom stereocenters. The van der Waals surface area contributed by atoms with Gasteiger partial charge in [0.2, 0.25) is 0 Å². The maximum absolute atomic E-state index is 13.4. The van der Waals surface area contributed by atoms with Gasteiger partial charge >= 0.3 is 0 Å². The van der Waals surface area contributed by atoms with Gasteiger partial charge in [-0.05, 0) is 32.7 Å².